The first-order chi connectivity index (χ1) is 14.4. The molecule has 2 fully saturated rings. The fourth-order valence-corrected chi connectivity index (χ4v) is 4.73. The number of amides is 2. The molecule has 2 aromatic rings. The minimum absolute atomic E-state index is 0.108. The summed E-state index contributed by atoms with van der Waals surface area (Å²) in [6, 6.07) is 11.3. The number of hydrogen-bond acceptors (Lipinski definition) is 6. The van der Waals surface area contributed by atoms with Gasteiger partial charge in [0, 0.05) is 12.1 Å². The van der Waals surface area contributed by atoms with Gasteiger partial charge in [-0.15, -0.1) is 0 Å². The summed E-state index contributed by atoms with van der Waals surface area (Å²) in [5, 5.41) is 10.7. The third-order valence-corrected chi connectivity index (χ3v) is 6.07. The molecule has 2 aromatic carbocycles. The molecule has 1 heterocycles. The highest BCUT2D eigenvalue weighted by atomic mass is 16.6. The maximum absolute atomic E-state index is 12.9. The topological polar surface area (TPSA) is 107 Å². The van der Waals surface area contributed by atoms with Gasteiger partial charge >= 0.3 is 5.97 Å². The van der Waals surface area contributed by atoms with E-state index in [-0.39, 0.29) is 52.5 Å². The van der Waals surface area contributed by atoms with Gasteiger partial charge in [-0.2, -0.15) is 0 Å². The second kappa shape index (κ2) is 6.62. The first-order valence-corrected chi connectivity index (χ1v) is 9.57. The van der Waals surface area contributed by atoms with Gasteiger partial charge in [0.05, 0.1) is 28.0 Å². The highest BCUT2D eigenvalue weighted by molar-refractivity contribution is 6.23. The number of anilines is 1. The largest absolute Gasteiger partial charge is 0.423 e. The van der Waals surface area contributed by atoms with Gasteiger partial charge in [0.2, 0.25) is 11.8 Å². The molecule has 0 spiro atoms. The number of allylic oxidation sites excluding steroid dienone is 2. The summed E-state index contributed by atoms with van der Waals surface area (Å²) in [5.41, 5.74) is 0.401. The van der Waals surface area contributed by atoms with Crippen LogP contribution in [0.25, 0.3) is 0 Å². The normalized spacial score (nSPS) is 26.2. The van der Waals surface area contributed by atoms with Crippen LogP contribution in [-0.2, 0) is 9.59 Å². The molecule has 2 amide bonds. The summed E-state index contributed by atoms with van der Waals surface area (Å²) in [6.07, 6.45) is 4.90. The molecule has 30 heavy (non-hydrogen) atoms. The molecule has 1 saturated carbocycles. The van der Waals surface area contributed by atoms with Crippen LogP contribution in [-0.4, -0.2) is 22.7 Å². The molecular weight excluding hydrogens is 388 g/mol. The highest BCUT2D eigenvalue weighted by Crippen LogP contribution is 2.53. The zero-order valence-electron chi connectivity index (χ0n) is 15.6. The average Bonchev–Trinajstić information content (AvgIpc) is 3.42. The zero-order valence-corrected chi connectivity index (χ0v) is 15.6. The summed E-state index contributed by atoms with van der Waals surface area (Å²) >= 11 is 0. The number of nitro groups is 1. The first-order valence-electron chi connectivity index (χ1n) is 9.57. The van der Waals surface area contributed by atoms with Crippen molar-refractivity contribution in [2.75, 3.05) is 4.90 Å². The van der Waals surface area contributed by atoms with E-state index in [0.29, 0.717) is 5.69 Å². The number of ether oxygens (including phenoxy) is 1. The number of nitro benzene ring substituents is 1. The molecule has 150 valence electrons. The number of non-ortho nitro benzene ring substituents is 1. The number of carbonyl (C=O) groups is 3. The number of esters is 1. The van der Waals surface area contributed by atoms with Crippen molar-refractivity contribution in [3.8, 4) is 5.75 Å². The molecule has 0 radical (unpaired) electrons. The highest BCUT2D eigenvalue weighted by Gasteiger charge is 2.59. The van der Waals surface area contributed by atoms with E-state index in [1.54, 1.807) is 12.1 Å². The van der Waals surface area contributed by atoms with E-state index in [1.807, 2.05) is 12.2 Å². The van der Waals surface area contributed by atoms with Crippen molar-refractivity contribution in [1.29, 1.82) is 0 Å². The van der Waals surface area contributed by atoms with Crippen LogP contribution in [0.4, 0.5) is 11.4 Å². The van der Waals surface area contributed by atoms with E-state index >= 15 is 0 Å². The van der Waals surface area contributed by atoms with E-state index in [2.05, 4.69) is 0 Å². The van der Waals surface area contributed by atoms with Gasteiger partial charge < -0.3 is 4.74 Å². The molecule has 3 aliphatic rings. The van der Waals surface area contributed by atoms with Gasteiger partial charge in [-0.3, -0.25) is 19.7 Å². The van der Waals surface area contributed by atoms with Gasteiger partial charge in [0.1, 0.15) is 5.75 Å². The van der Waals surface area contributed by atoms with E-state index in [0.717, 1.165) is 6.42 Å². The van der Waals surface area contributed by atoms with Gasteiger partial charge in [0.25, 0.3) is 5.69 Å². The minimum Gasteiger partial charge on any atom is -0.423 e. The molecule has 0 N–H and O–H groups in total. The number of carbonyl (C=O) groups excluding carboxylic acids is 3. The second-order valence-corrected chi connectivity index (χ2v) is 7.70. The Balaban J connectivity index is 1.37. The average molecular weight is 404 g/mol. The van der Waals surface area contributed by atoms with Crippen molar-refractivity contribution in [1.82, 2.24) is 0 Å². The lowest BCUT2D eigenvalue weighted by atomic mass is 9.85. The van der Waals surface area contributed by atoms with Crippen LogP contribution >= 0.6 is 0 Å². The maximum atomic E-state index is 12.9. The van der Waals surface area contributed by atoms with Crippen LogP contribution in [0.15, 0.2) is 60.7 Å². The zero-order chi connectivity index (χ0) is 21.0. The Hall–Kier alpha value is -3.81. The predicted octanol–water partition coefficient (Wildman–Crippen LogP) is 3.13. The standard InChI is InChI=1S/C22H16N2O6/c25-20-18-12-4-5-13(10-12)19(18)21(26)23(20)16-3-1-2-14(11-16)22(27)30-17-8-6-15(7-9-17)24(28)29/h1-9,11-13,18-19H,10H2/t12-,13+,18-,19+. The second-order valence-electron chi connectivity index (χ2n) is 7.70. The number of nitrogens with zero attached hydrogens (tertiary/aromatic N) is 2. The third kappa shape index (κ3) is 2.72. The van der Waals surface area contributed by atoms with Crippen LogP contribution in [0.3, 0.4) is 0 Å². The van der Waals surface area contributed by atoms with Crippen molar-refractivity contribution >= 4 is 29.2 Å². The summed E-state index contributed by atoms with van der Waals surface area (Å²) in [5.74, 6) is -1.39. The van der Waals surface area contributed by atoms with Crippen molar-refractivity contribution in [3.63, 3.8) is 0 Å². The number of rotatable bonds is 4. The lowest BCUT2D eigenvalue weighted by Crippen LogP contribution is -2.33. The Morgan fingerprint density at radius 2 is 1.63 bits per heavy atom. The van der Waals surface area contributed by atoms with Crippen molar-refractivity contribution in [2.45, 2.75) is 6.42 Å². The Morgan fingerprint density at radius 3 is 2.23 bits per heavy atom. The summed E-state index contributed by atoms with van der Waals surface area (Å²) in [7, 11) is 0. The Morgan fingerprint density at radius 1 is 1.00 bits per heavy atom. The molecule has 0 aromatic heterocycles. The Kier molecular flexibility index (Phi) is 4.02. The maximum Gasteiger partial charge on any atom is 0.343 e. The smallest absolute Gasteiger partial charge is 0.343 e. The van der Waals surface area contributed by atoms with Crippen LogP contribution in [0, 0.1) is 33.8 Å². The van der Waals surface area contributed by atoms with Crippen LogP contribution in [0.1, 0.15) is 16.8 Å². The number of imide groups is 1. The molecule has 1 aliphatic heterocycles. The lowest BCUT2D eigenvalue weighted by molar-refractivity contribution is -0.384. The molecule has 2 bridgehead atoms. The number of hydrogen-bond donors (Lipinski definition) is 0. The van der Waals surface area contributed by atoms with Crippen LogP contribution in [0.2, 0.25) is 0 Å². The predicted molar refractivity (Wildman–Crippen MR) is 105 cm³/mol. The van der Waals surface area contributed by atoms with E-state index < -0.39 is 10.9 Å². The molecule has 8 nitrogen and oxygen atoms in total. The van der Waals surface area contributed by atoms with Crippen molar-refractivity contribution in [2.24, 2.45) is 23.7 Å². The fourth-order valence-electron chi connectivity index (χ4n) is 4.73. The third-order valence-electron chi connectivity index (χ3n) is 6.07. The summed E-state index contributed by atoms with van der Waals surface area (Å²) in [4.78, 5) is 49.8. The minimum atomic E-state index is -0.688. The number of benzene rings is 2. The molecule has 8 heteroatoms. The lowest BCUT2D eigenvalue weighted by Gasteiger charge is -2.18. The first kappa shape index (κ1) is 18.2. The quantitative estimate of drug-likeness (QED) is 0.194. The van der Waals surface area contributed by atoms with Gasteiger partial charge in [-0.05, 0) is 48.6 Å². The Labute approximate surface area is 170 Å². The molecule has 4 atom stereocenters. The molecule has 0 unspecified atom stereocenters. The van der Waals surface area contributed by atoms with E-state index in [9.17, 15) is 24.5 Å². The van der Waals surface area contributed by atoms with E-state index in [1.165, 1.54) is 41.3 Å². The van der Waals surface area contributed by atoms with Gasteiger partial charge in [0.15, 0.2) is 0 Å². The monoisotopic (exact) mass is 404 g/mol. The summed E-state index contributed by atoms with van der Waals surface area (Å²) < 4.78 is 5.27. The van der Waals surface area contributed by atoms with Gasteiger partial charge in [-0.1, -0.05) is 18.2 Å². The number of fused-ring (bicyclic) bond motifs is 5. The van der Waals surface area contributed by atoms with Crippen molar-refractivity contribution in [3.05, 3.63) is 76.4 Å². The van der Waals surface area contributed by atoms with E-state index in [4.69, 9.17) is 4.74 Å². The molecule has 5 rings (SSSR count). The fraction of sp³-hybridized carbons (Fsp3) is 0.227. The Bertz CT molecular complexity index is 1090. The molecule has 2 aliphatic carbocycles. The summed E-state index contributed by atoms with van der Waals surface area (Å²) in [6.45, 7) is 0. The molecule has 1 saturated heterocycles. The van der Waals surface area contributed by atoms with Crippen molar-refractivity contribution < 1.29 is 24.0 Å². The van der Waals surface area contributed by atoms with Crippen LogP contribution < -0.4 is 9.64 Å². The van der Waals surface area contributed by atoms with Crippen LogP contribution in [0.5, 0.6) is 5.75 Å². The molecular formula is C22H16N2O6. The van der Waals surface area contributed by atoms with Gasteiger partial charge in [-0.25, -0.2) is 9.69 Å². The SMILES string of the molecule is O=C(Oc1ccc([N+](=O)[O-])cc1)c1cccc(N2C(=O)[C@@H]3[C@H](C2=O)[C@@H]2C=C[C@H]3C2)c1.